The Kier molecular flexibility index (Phi) is 3.06. The fraction of sp³-hybridized carbons (Fsp3) is 0.364. The molecule has 0 spiro atoms. The number of hydrogen-bond acceptors (Lipinski definition) is 6. The van der Waals surface area contributed by atoms with E-state index >= 15 is 0 Å². The summed E-state index contributed by atoms with van der Waals surface area (Å²) in [6.07, 6.45) is -1.50. The van der Waals surface area contributed by atoms with E-state index in [-0.39, 0.29) is 30.5 Å². The van der Waals surface area contributed by atoms with Crippen molar-refractivity contribution in [2.75, 3.05) is 13.4 Å². The van der Waals surface area contributed by atoms with Crippen LogP contribution in [0.1, 0.15) is 18.6 Å². The summed E-state index contributed by atoms with van der Waals surface area (Å²) in [4.78, 5) is 11.4. The number of aliphatic hydroxyl groups excluding tert-OH is 1. The standard InChI is InChI=1S/C11H12O6/c1-2-15-11(14)9(13)7-3-6(12)4-8-10(7)17-5-16-8/h3-4,9,12-13H,2,5H2,1H3. The quantitative estimate of drug-likeness (QED) is 0.757. The third kappa shape index (κ3) is 2.12. The minimum atomic E-state index is -1.50. The van der Waals surface area contributed by atoms with Crippen LogP contribution < -0.4 is 9.47 Å². The molecule has 2 rings (SSSR count). The van der Waals surface area contributed by atoms with Crippen LogP contribution in [0.2, 0.25) is 0 Å². The number of hydrogen-bond donors (Lipinski definition) is 2. The van der Waals surface area contributed by atoms with Crippen LogP contribution in [0, 0.1) is 0 Å². The summed E-state index contributed by atoms with van der Waals surface area (Å²) in [6.45, 7) is 1.78. The van der Waals surface area contributed by atoms with Crippen LogP contribution in [0.25, 0.3) is 0 Å². The Morgan fingerprint density at radius 1 is 1.53 bits per heavy atom. The Bertz CT molecular complexity index is 442. The van der Waals surface area contributed by atoms with Crippen molar-refractivity contribution in [3.63, 3.8) is 0 Å². The predicted octanol–water partition coefficient (Wildman–Crippen LogP) is 0.717. The topological polar surface area (TPSA) is 85.2 Å². The zero-order valence-corrected chi connectivity index (χ0v) is 9.17. The van der Waals surface area contributed by atoms with E-state index in [9.17, 15) is 15.0 Å². The molecule has 0 radical (unpaired) electrons. The van der Waals surface area contributed by atoms with E-state index in [1.165, 1.54) is 12.1 Å². The van der Waals surface area contributed by atoms with E-state index in [0.29, 0.717) is 5.75 Å². The molecule has 0 aliphatic carbocycles. The number of aliphatic hydroxyl groups is 1. The van der Waals surface area contributed by atoms with Crippen LogP contribution in [0.4, 0.5) is 0 Å². The molecule has 92 valence electrons. The van der Waals surface area contributed by atoms with Crippen LogP contribution in [0.5, 0.6) is 17.2 Å². The minimum Gasteiger partial charge on any atom is -0.508 e. The normalized spacial score (nSPS) is 14.5. The van der Waals surface area contributed by atoms with Gasteiger partial charge >= 0.3 is 5.97 Å². The first-order chi connectivity index (χ1) is 8.13. The summed E-state index contributed by atoms with van der Waals surface area (Å²) < 4.78 is 14.9. The minimum absolute atomic E-state index is 0.0126. The summed E-state index contributed by atoms with van der Waals surface area (Å²) in [6, 6.07) is 2.60. The average molecular weight is 240 g/mol. The van der Waals surface area contributed by atoms with Crippen molar-refractivity contribution in [1.29, 1.82) is 0 Å². The van der Waals surface area contributed by atoms with E-state index in [2.05, 4.69) is 0 Å². The first-order valence-corrected chi connectivity index (χ1v) is 5.10. The number of phenolic OH excluding ortho intramolecular Hbond substituents is 1. The molecule has 17 heavy (non-hydrogen) atoms. The van der Waals surface area contributed by atoms with E-state index in [1.807, 2.05) is 0 Å². The van der Waals surface area contributed by atoms with Crippen molar-refractivity contribution in [2.24, 2.45) is 0 Å². The van der Waals surface area contributed by atoms with E-state index in [4.69, 9.17) is 14.2 Å². The summed E-state index contributed by atoms with van der Waals surface area (Å²) in [5, 5.41) is 19.2. The van der Waals surface area contributed by atoms with Crippen molar-refractivity contribution in [3.05, 3.63) is 17.7 Å². The van der Waals surface area contributed by atoms with Gasteiger partial charge in [-0.15, -0.1) is 0 Å². The zero-order valence-electron chi connectivity index (χ0n) is 9.17. The lowest BCUT2D eigenvalue weighted by Gasteiger charge is -2.12. The van der Waals surface area contributed by atoms with Crippen molar-refractivity contribution in [3.8, 4) is 17.2 Å². The van der Waals surface area contributed by atoms with Gasteiger partial charge in [-0.3, -0.25) is 0 Å². The highest BCUT2D eigenvalue weighted by Gasteiger charge is 2.28. The maximum Gasteiger partial charge on any atom is 0.339 e. The number of carbonyl (C=O) groups is 1. The number of phenols is 1. The third-order valence-electron chi connectivity index (χ3n) is 2.29. The van der Waals surface area contributed by atoms with Gasteiger partial charge in [-0.05, 0) is 13.0 Å². The van der Waals surface area contributed by atoms with Crippen molar-refractivity contribution in [1.82, 2.24) is 0 Å². The fourth-order valence-corrected chi connectivity index (χ4v) is 1.57. The average Bonchev–Trinajstić information content (AvgIpc) is 2.75. The van der Waals surface area contributed by atoms with Crippen LogP contribution >= 0.6 is 0 Å². The molecule has 1 aromatic rings. The van der Waals surface area contributed by atoms with Crippen LogP contribution in [0.3, 0.4) is 0 Å². The Labute approximate surface area is 97.3 Å². The third-order valence-corrected chi connectivity index (χ3v) is 2.29. The van der Waals surface area contributed by atoms with Crippen molar-refractivity contribution < 1.29 is 29.2 Å². The zero-order chi connectivity index (χ0) is 12.4. The molecule has 1 atom stereocenters. The molecule has 2 N–H and O–H groups in total. The molecule has 0 fully saturated rings. The Hall–Kier alpha value is -1.95. The van der Waals surface area contributed by atoms with Crippen molar-refractivity contribution >= 4 is 5.97 Å². The molecular weight excluding hydrogens is 228 g/mol. The highest BCUT2D eigenvalue weighted by atomic mass is 16.7. The van der Waals surface area contributed by atoms with Crippen LogP contribution in [-0.4, -0.2) is 29.6 Å². The second kappa shape index (κ2) is 4.50. The smallest absolute Gasteiger partial charge is 0.339 e. The molecule has 0 bridgehead atoms. The molecule has 1 aliphatic rings. The first kappa shape index (κ1) is 11.5. The molecule has 0 amide bonds. The van der Waals surface area contributed by atoms with Gasteiger partial charge in [0.05, 0.1) is 6.61 Å². The van der Waals surface area contributed by atoms with Crippen LogP contribution in [-0.2, 0) is 9.53 Å². The van der Waals surface area contributed by atoms with Gasteiger partial charge in [-0.2, -0.15) is 0 Å². The second-order valence-corrected chi connectivity index (χ2v) is 3.42. The van der Waals surface area contributed by atoms with Crippen molar-refractivity contribution in [2.45, 2.75) is 13.0 Å². The summed E-state index contributed by atoms with van der Waals surface area (Å²) in [7, 11) is 0. The lowest BCUT2D eigenvalue weighted by molar-refractivity contribution is -0.153. The molecular formula is C11H12O6. The molecule has 0 aromatic heterocycles. The molecule has 6 heteroatoms. The van der Waals surface area contributed by atoms with Gasteiger partial charge < -0.3 is 24.4 Å². The molecule has 1 aromatic carbocycles. The largest absolute Gasteiger partial charge is 0.508 e. The predicted molar refractivity (Wildman–Crippen MR) is 55.8 cm³/mol. The highest BCUT2D eigenvalue weighted by Crippen LogP contribution is 2.41. The Morgan fingerprint density at radius 3 is 3.00 bits per heavy atom. The van der Waals surface area contributed by atoms with E-state index in [0.717, 1.165) is 0 Å². The van der Waals surface area contributed by atoms with E-state index in [1.54, 1.807) is 6.92 Å². The number of benzene rings is 1. The summed E-state index contributed by atoms with van der Waals surface area (Å²) in [5.41, 5.74) is 0.135. The summed E-state index contributed by atoms with van der Waals surface area (Å²) >= 11 is 0. The molecule has 0 saturated heterocycles. The van der Waals surface area contributed by atoms with Gasteiger partial charge in [0.1, 0.15) is 5.75 Å². The van der Waals surface area contributed by atoms with Gasteiger partial charge in [0.25, 0.3) is 0 Å². The molecule has 6 nitrogen and oxygen atoms in total. The maximum absolute atomic E-state index is 11.4. The monoisotopic (exact) mass is 240 g/mol. The lowest BCUT2D eigenvalue weighted by atomic mass is 10.1. The van der Waals surface area contributed by atoms with Crippen LogP contribution in [0.15, 0.2) is 12.1 Å². The first-order valence-electron chi connectivity index (χ1n) is 5.10. The Morgan fingerprint density at radius 2 is 2.29 bits per heavy atom. The molecule has 1 heterocycles. The number of ether oxygens (including phenoxy) is 3. The maximum atomic E-state index is 11.4. The van der Waals surface area contributed by atoms with Gasteiger partial charge in [0.15, 0.2) is 17.6 Å². The number of fused-ring (bicyclic) bond motifs is 1. The molecule has 0 saturated carbocycles. The number of carbonyl (C=O) groups excluding carboxylic acids is 1. The second-order valence-electron chi connectivity index (χ2n) is 3.42. The molecule has 1 unspecified atom stereocenters. The number of esters is 1. The molecule has 1 aliphatic heterocycles. The fourth-order valence-electron chi connectivity index (χ4n) is 1.57. The van der Waals surface area contributed by atoms with Gasteiger partial charge in [-0.1, -0.05) is 0 Å². The SMILES string of the molecule is CCOC(=O)C(O)c1cc(O)cc2c1OCO2. The number of aromatic hydroxyl groups is 1. The summed E-state index contributed by atoms with van der Waals surface area (Å²) in [5.74, 6) is -0.366. The number of rotatable bonds is 3. The van der Waals surface area contributed by atoms with Gasteiger partial charge in [0, 0.05) is 11.6 Å². The Balaban J connectivity index is 2.35. The van der Waals surface area contributed by atoms with Gasteiger partial charge in [0.2, 0.25) is 6.79 Å². The lowest BCUT2D eigenvalue weighted by Crippen LogP contribution is -2.15. The van der Waals surface area contributed by atoms with Gasteiger partial charge in [-0.25, -0.2) is 4.79 Å². The highest BCUT2D eigenvalue weighted by molar-refractivity contribution is 5.78. The van der Waals surface area contributed by atoms with E-state index < -0.39 is 12.1 Å².